The Morgan fingerprint density at radius 2 is 2.19 bits per heavy atom. The van der Waals surface area contributed by atoms with E-state index in [-0.39, 0.29) is 12.3 Å². The van der Waals surface area contributed by atoms with E-state index >= 15 is 0 Å². The van der Waals surface area contributed by atoms with Gasteiger partial charge in [0, 0.05) is 11.6 Å². The summed E-state index contributed by atoms with van der Waals surface area (Å²) in [6.45, 7) is -0.328. The first-order valence-electron chi connectivity index (χ1n) is 5.87. The first-order chi connectivity index (χ1) is 10.1. The van der Waals surface area contributed by atoms with Crippen molar-refractivity contribution in [2.45, 2.75) is 16.7 Å². The average Bonchev–Trinajstić information content (AvgIpc) is 2.86. The first-order valence-corrected chi connectivity index (χ1v) is 6.68. The van der Waals surface area contributed by atoms with E-state index in [2.05, 4.69) is 20.5 Å². The van der Waals surface area contributed by atoms with Crippen LogP contribution >= 0.6 is 11.8 Å². The highest BCUT2D eigenvalue weighted by atomic mass is 32.2. The number of carboxylic acid groups (broad SMARTS) is 1. The Morgan fingerprint density at radius 3 is 3.00 bits per heavy atom. The van der Waals surface area contributed by atoms with Crippen molar-refractivity contribution >= 4 is 28.5 Å². The van der Waals surface area contributed by atoms with Gasteiger partial charge in [-0.2, -0.15) is 0 Å². The van der Waals surface area contributed by atoms with Crippen LogP contribution in [0.2, 0.25) is 0 Å². The Bertz CT molecular complexity index is 820. The highest BCUT2D eigenvalue weighted by Gasteiger charge is 2.13. The van der Waals surface area contributed by atoms with Gasteiger partial charge in [0.25, 0.3) is 0 Å². The molecule has 0 aliphatic carbocycles. The van der Waals surface area contributed by atoms with Crippen molar-refractivity contribution < 1.29 is 15.0 Å². The van der Waals surface area contributed by atoms with Crippen molar-refractivity contribution in [3.63, 3.8) is 0 Å². The number of carboxylic acids is 1. The molecule has 0 atom stereocenters. The molecule has 3 rings (SSSR count). The first kappa shape index (κ1) is 13.3. The van der Waals surface area contributed by atoms with E-state index < -0.39 is 5.97 Å². The fraction of sp³-hybridized carbons (Fsp3) is 0.0833. The minimum Gasteiger partial charge on any atom is -0.508 e. The summed E-state index contributed by atoms with van der Waals surface area (Å²) in [4.78, 5) is 15.0. The molecule has 9 heteroatoms. The Labute approximate surface area is 122 Å². The number of tetrazole rings is 1. The van der Waals surface area contributed by atoms with Crippen LogP contribution in [0.1, 0.15) is 0 Å². The third-order valence-electron chi connectivity index (χ3n) is 2.69. The van der Waals surface area contributed by atoms with E-state index in [4.69, 9.17) is 5.11 Å². The molecule has 0 spiro atoms. The van der Waals surface area contributed by atoms with E-state index in [0.717, 1.165) is 22.5 Å². The largest absolute Gasteiger partial charge is 0.508 e. The number of benzene rings is 1. The molecule has 106 valence electrons. The lowest BCUT2D eigenvalue weighted by molar-refractivity contribution is -0.138. The molecule has 1 aromatic carbocycles. The molecule has 2 aromatic heterocycles. The van der Waals surface area contributed by atoms with Crippen molar-refractivity contribution in [1.82, 2.24) is 25.2 Å². The molecule has 2 heterocycles. The number of phenolic OH excluding ortho intramolecular Hbond substituents is 1. The van der Waals surface area contributed by atoms with Gasteiger partial charge in [0.2, 0.25) is 5.16 Å². The number of nitrogens with zero attached hydrogens (tertiary/aromatic N) is 5. The van der Waals surface area contributed by atoms with Gasteiger partial charge in [-0.15, -0.1) is 5.10 Å². The number of aliphatic carboxylic acids is 1. The van der Waals surface area contributed by atoms with Crippen molar-refractivity contribution in [2.75, 3.05) is 0 Å². The van der Waals surface area contributed by atoms with Crippen LogP contribution in [0.25, 0.3) is 10.8 Å². The van der Waals surface area contributed by atoms with Crippen LogP contribution in [0, 0.1) is 0 Å². The smallest absolute Gasteiger partial charge is 0.325 e. The van der Waals surface area contributed by atoms with Gasteiger partial charge in [-0.25, -0.2) is 9.67 Å². The number of aromatic hydroxyl groups is 1. The van der Waals surface area contributed by atoms with Crippen molar-refractivity contribution in [3.8, 4) is 5.75 Å². The molecule has 0 saturated heterocycles. The fourth-order valence-electron chi connectivity index (χ4n) is 1.79. The zero-order valence-electron chi connectivity index (χ0n) is 10.5. The minimum absolute atomic E-state index is 0.127. The van der Waals surface area contributed by atoms with Crippen LogP contribution in [0.4, 0.5) is 0 Å². The van der Waals surface area contributed by atoms with Crippen LogP contribution in [0.15, 0.2) is 40.6 Å². The number of rotatable bonds is 4. The summed E-state index contributed by atoms with van der Waals surface area (Å²) in [5, 5.41) is 31.8. The quantitative estimate of drug-likeness (QED) is 0.738. The summed E-state index contributed by atoms with van der Waals surface area (Å²) >= 11 is 1.14. The molecule has 0 amide bonds. The van der Waals surface area contributed by atoms with E-state index in [9.17, 15) is 9.90 Å². The highest BCUT2D eigenvalue weighted by Crippen LogP contribution is 2.31. The van der Waals surface area contributed by atoms with Crippen molar-refractivity contribution in [1.29, 1.82) is 0 Å². The van der Waals surface area contributed by atoms with Crippen LogP contribution in [0.5, 0.6) is 5.75 Å². The predicted octanol–water partition coefficient (Wildman–Crippen LogP) is 1.16. The lowest BCUT2D eigenvalue weighted by Gasteiger charge is -2.05. The molecular formula is C12H9N5O3S. The lowest BCUT2D eigenvalue weighted by atomic mass is 10.2. The van der Waals surface area contributed by atoms with Gasteiger partial charge in [-0.05, 0) is 45.8 Å². The summed E-state index contributed by atoms with van der Waals surface area (Å²) in [6, 6.07) is 6.77. The Balaban J connectivity index is 2.00. The molecule has 0 aliphatic rings. The number of aromatic nitrogens is 5. The zero-order valence-corrected chi connectivity index (χ0v) is 11.4. The second-order valence-electron chi connectivity index (χ2n) is 4.14. The Morgan fingerprint density at radius 1 is 1.33 bits per heavy atom. The second-order valence-corrected chi connectivity index (χ2v) is 5.09. The van der Waals surface area contributed by atoms with Gasteiger partial charge in [0.15, 0.2) is 0 Å². The third kappa shape index (κ3) is 2.77. The van der Waals surface area contributed by atoms with Gasteiger partial charge >= 0.3 is 5.97 Å². The number of phenols is 1. The standard InChI is InChI=1S/C12H9N5O3S/c18-8-2-1-7-3-4-13-11(9(7)5-8)21-12-14-15-16-17(12)6-10(19)20/h1-5,18H,6H2,(H,19,20). The molecular weight excluding hydrogens is 294 g/mol. The summed E-state index contributed by atoms with van der Waals surface area (Å²) in [5.41, 5.74) is 0. The molecule has 3 aromatic rings. The average molecular weight is 303 g/mol. The molecule has 8 nitrogen and oxygen atoms in total. The maximum Gasteiger partial charge on any atom is 0.325 e. The molecule has 21 heavy (non-hydrogen) atoms. The van der Waals surface area contributed by atoms with Gasteiger partial charge in [-0.3, -0.25) is 4.79 Å². The van der Waals surface area contributed by atoms with Crippen LogP contribution in [-0.2, 0) is 11.3 Å². The summed E-state index contributed by atoms with van der Waals surface area (Å²) < 4.78 is 1.18. The summed E-state index contributed by atoms with van der Waals surface area (Å²) in [7, 11) is 0. The van der Waals surface area contributed by atoms with Gasteiger partial charge in [0.1, 0.15) is 17.3 Å². The van der Waals surface area contributed by atoms with Crippen LogP contribution in [0.3, 0.4) is 0 Å². The van der Waals surface area contributed by atoms with E-state index in [1.54, 1.807) is 24.4 Å². The van der Waals surface area contributed by atoms with E-state index in [1.807, 2.05) is 6.07 Å². The van der Waals surface area contributed by atoms with Gasteiger partial charge in [-0.1, -0.05) is 6.07 Å². The number of pyridine rings is 1. The molecule has 0 bridgehead atoms. The van der Waals surface area contributed by atoms with Crippen LogP contribution < -0.4 is 0 Å². The molecule has 0 aliphatic heterocycles. The topological polar surface area (TPSA) is 114 Å². The number of carbonyl (C=O) groups is 1. The van der Waals surface area contributed by atoms with Gasteiger partial charge < -0.3 is 10.2 Å². The Kier molecular flexibility index (Phi) is 3.40. The summed E-state index contributed by atoms with van der Waals surface area (Å²) in [6.07, 6.45) is 1.63. The second kappa shape index (κ2) is 5.37. The van der Waals surface area contributed by atoms with Crippen LogP contribution in [-0.4, -0.2) is 41.4 Å². The van der Waals surface area contributed by atoms with E-state index in [1.165, 1.54) is 4.68 Å². The minimum atomic E-state index is -1.03. The molecule has 0 radical (unpaired) electrons. The molecule has 2 N–H and O–H groups in total. The van der Waals surface area contributed by atoms with E-state index in [0.29, 0.717) is 10.2 Å². The molecule has 0 unspecified atom stereocenters. The predicted molar refractivity (Wildman–Crippen MR) is 73.0 cm³/mol. The SMILES string of the molecule is O=C(O)Cn1nnnc1Sc1nccc2ccc(O)cc12. The number of fused-ring (bicyclic) bond motifs is 1. The summed E-state index contributed by atoms with van der Waals surface area (Å²) in [5.74, 6) is -0.907. The number of hydrogen-bond acceptors (Lipinski definition) is 7. The number of hydrogen-bond donors (Lipinski definition) is 2. The lowest BCUT2D eigenvalue weighted by Crippen LogP contribution is -2.11. The maximum absolute atomic E-state index is 10.8. The molecule has 0 saturated carbocycles. The van der Waals surface area contributed by atoms with Crippen molar-refractivity contribution in [2.24, 2.45) is 0 Å². The zero-order chi connectivity index (χ0) is 14.8. The Hall–Kier alpha value is -2.68. The monoisotopic (exact) mass is 303 g/mol. The molecule has 0 fully saturated rings. The highest BCUT2D eigenvalue weighted by molar-refractivity contribution is 7.99. The van der Waals surface area contributed by atoms with Crippen molar-refractivity contribution in [3.05, 3.63) is 30.5 Å². The fourth-order valence-corrected chi connectivity index (χ4v) is 2.65. The normalized spacial score (nSPS) is 10.9. The third-order valence-corrected chi connectivity index (χ3v) is 3.68. The maximum atomic E-state index is 10.8. The van der Waals surface area contributed by atoms with Gasteiger partial charge in [0.05, 0.1) is 0 Å².